The van der Waals surface area contributed by atoms with E-state index in [4.69, 9.17) is 9.47 Å². The second-order valence-corrected chi connectivity index (χ2v) is 3.04. The molecule has 4 nitrogen and oxygen atoms in total. The Morgan fingerprint density at radius 3 is 2.92 bits per heavy atom. The molecule has 0 aliphatic heterocycles. The Labute approximate surface area is 77.9 Å². The van der Waals surface area contributed by atoms with E-state index >= 15 is 0 Å². The first-order chi connectivity index (χ1) is 6.24. The predicted octanol–water partition coefficient (Wildman–Crippen LogP) is 0.935. The summed E-state index contributed by atoms with van der Waals surface area (Å²) in [6, 6.07) is 0. The lowest BCUT2D eigenvalue weighted by molar-refractivity contribution is 0.136. The topological polar surface area (TPSA) is 47.6 Å². The van der Waals surface area contributed by atoms with Crippen molar-refractivity contribution < 1.29 is 14.3 Å². The molecule has 13 heavy (non-hydrogen) atoms. The minimum absolute atomic E-state index is 0.370. The fraction of sp³-hybridized carbons (Fsp3) is 0.667. The van der Waals surface area contributed by atoms with Crippen LogP contribution < -0.4 is 5.32 Å². The van der Waals surface area contributed by atoms with E-state index in [1.54, 1.807) is 7.11 Å². The van der Waals surface area contributed by atoms with Gasteiger partial charge in [0.15, 0.2) is 0 Å². The van der Waals surface area contributed by atoms with Crippen molar-refractivity contribution in [1.29, 1.82) is 0 Å². The minimum atomic E-state index is -0.370. The average molecular weight is 185 g/mol. The minimum Gasteiger partial charge on any atom is -0.449 e. The molecular formula is C9H15NO3. The molecule has 0 spiro atoms. The Balaban J connectivity index is 1.92. The molecule has 1 aliphatic carbocycles. The molecule has 0 aromatic rings. The van der Waals surface area contributed by atoms with Crippen molar-refractivity contribution in [2.75, 3.05) is 26.9 Å². The lowest BCUT2D eigenvalue weighted by Crippen LogP contribution is -2.28. The summed E-state index contributed by atoms with van der Waals surface area (Å²) in [5, 5.41) is 2.57. The molecule has 0 heterocycles. The molecule has 1 amide bonds. The normalized spacial score (nSPS) is 19.2. The van der Waals surface area contributed by atoms with Crippen LogP contribution in [0.5, 0.6) is 0 Å². The molecule has 0 saturated heterocycles. The highest BCUT2D eigenvalue weighted by Gasteiger charge is 2.21. The molecular weight excluding hydrogens is 170 g/mol. The number of carbonyl (C=O) groups excluding carboxylic acids is 1. The maximum Gasteiger partial charge on any atom is 0.407 e. The van der Waals surface area contributed by atoms with Crippen molar-refractivity contribution in [3.05, 3.63) is 11.6 Å². The van der Waals surface area contributed by atoms with Gasteiger partial charge in [0.1, 0.15) is 6.61 Å². The maximum absolute atomic E-state index is 10.9. The fourth-order valence-corrected chi connectivity index (χ4v) is 0.920. The number of alkyl carbamates (subject to hydrolysis) is 1. The zero-order valence-electron chi connectivity index (χ0n) is 8.00. The third-order valence-corrected chi connectivity index (χ3v) is 1.91. The first kappa shape index (κ1) is 10.1. The quantitative estimate of drug-likeness (QED) is 0.512. The lowest BCUT2D eigenvalue weighted by atomic mass is 10.3. The van der Waals surface area contributed by atoms with Crippen LogP contribution in [-0.4, -0.2) is 33.0 Å². The number of hydrogen-bond acceptors (Lipinski definition) is 3. The van der Waals surface area contributed by atoms with Gasteiger partial charge >= 0.3 is 6.09 Å². The lowest BCUT2D eigenvalue weighted by Gasteiger charge is -2.05. The van der Waals surface area contributed by atoms with Crippen LogP contribution in [0.1, 0.15) is 6.92 Å². The molecule has 0 bridgehead atoms. The van der Waals surface area contributed by atoms with Crippen LogP contribution in [0.25, 0.3) is 0 Å². The van der Waals surface area contributed by atoms with E-state index in [1.807, 2.05) is 6.92 Å². The molecule has 0 saturated carbocycles. The third-order valence-electron chi connectivity index (χ3n) is 1.91. The van der Waals surface area contributed by atoms with Crippen LogP contribution in [0.4, 0.5) is 4.79 Å². The van der Waals surface area contributed by atoms with Gasteiger partial charge in [-0.05, 0) is 6.92 Å². The van der Waals surface area contributed by atoms with Crippen LogP contribution in [0.15, 0.2) is 11.6 Å². The molecule has 1 N–H and O–H groups in total. The van der Waals surface area contributed by atoms with Crippen molar-refractivity contribution in [3.63, 3.8) is 0 Å². The van der Waals surface area contributed by atoms with Gasteiger partial charge in [0.05, 0.1) is 6.61 Å². The first-order valence-electron chi connectivity index (χ1n) is 4.32. The molecule has 1 rings (SSSR count). The number of methoxy groups -OCH3 is 1. The molecule has 0 radical (unpaired) electrons. The van der Waals surface area contributed by atoms with E-state index in [0.717, 1.165) is 0 Å². The van der Waals surface area contributed by atoms with Crippen LogP contribution >= 0.6 is 0 Å². The van der Waals surface area contributed by atoms with Gasteiger partial charge in [-0.2, -0.15) is 0 Å². The smallest absolute Gasteiger partial charge is 0.407 e. The summed E-state index contributed by atoms with van der Waals surface area (Å²) in [5.41, 5.74) is 1.30. The van der Waals surface area contributed by atoms with E-state index in [-0.39, 0.29) is 6.09 Å². The van der Waals surface area contributed by atoms with E-state index in [0.29, 0.717) is 25.7 Å². The molecule has 1 unspecified atom stereocenters. The zero-order valence-corrected chi connectivity index (χ0v) is 8.00. The highest BCUT2D eigenvalue weighted by Crippen LogP contribution is 2.27. The molecule has 1 atom stereocenters. The van der Waals surface area contributed by atoms with Crippen LogP contribution in [0.2, 0.25) is 0 Å². The standard InChI is InChI=1S/C9H15NO3/c1-7-5-8(7)6-13-9(11)10-3-4-12-2/h5,8H,3-4,6H2,1-2H3,(H,10,11). The fourth-order valence-electron chi connectivity index (χ4n) is 0.920. The summed E-state index contributed by atoms with van der Waals surface area (Å²) in [6.07, 6.45) is 1.70. The Hall–Kier alpha value is -1.03. The summed E-state index contributed by atoms with van der Waals surface area (Å²) in [4.78, 5) is 10.9. The monoisotopic (exact) mass is 185 g/mol. The average Bonchev–Trinajstić information content (AvgIpc) is 2.79. The summed E-state index contributed by atoms with van der Waals surface area (Å²) in [7, 11) is 1.59. The van der Waals surface area contributed by atoms with Crippen molar-refractivity contribution >= 4 is 6.09 Å². The summed E-state index contributed by atoms with van der Waals surface area (Å²) in [6.45, 7) is 3.49. The van der Waals surface area contributed by atoms with Gasteiger partial charge < -0.3 is 14.8 Å². The highest BCUT2D eigenvalue weighted by atomic mass is 16.5. The Morgan fingerprint density at radius 2 is 2.38 bits per heavy atom. The summed E-state index contributed by atoms with van der Waals surface area (Å²) in [5.74, 6) is 0.383. The maximum atomic E-state index is 10.9. The van der Waals surface area contributed by atoms with E-state index in [2.05, 4.69) is 11.4 Å². The Morgan fingerprint density at radius 1 is 1.69 bits per heavy atom. The molecule has 0 fully saturated rings. The van der Waals surface area contributed by atoms with E-state index in [1.165, 1.54) is 5.57 Å². The molecule has 1 aliphatic rings. The first-order valence-corrected chi connectivity index (χ1v) is 4.32. The van der Waals surface area contributed by atoms with Gasteiger partial charge in [0.2, 0.25) is 0 Å². The van der Waals surface area contributed by atoms with E-state index < -0.39 is 0 Å². The van der Waals surface area contributed by atoms with Crippen LogP contribution in [0, 0.1) is 5.92 Å². The molecule has 0 aromatic heterocycles. The largest absolute Gasteiger partial charge is 0.449 e. The second kappa shape index (κ2) is 4.87. The number of hydrogen-bond donors (Lipinski definition) is 1. The summed E-state index contributed by atoms with van der Waals surface area (Å²) >= 11 is 0. The SMILES string of the molecule is COCCNC(=O)OCC1C=C1C. The van der Waals surface area contributed by atoms with Crippen molar-refractivity contribution in [1.82, 2.24) is 5.32 Å². The van der Waals surface area contributed by atoms with Crippen molar-refractivity contribution in [2.45, 2.75) is 6.92 Å². The van der Waals surface area contributed by atoms with Gasteiger partial charge in [-0.3, -0.25) is 0 Å². The van der Waals surface area contributed by atoms with Gasteiger partial charge in [0, 0.05) is 19.6 Å². The number of carbonyl (C=O) groups is 1. The number of nitrogens with one attached hydrogen (secondary N) is 1. The molecule has 0 aromatic carbocycles. The predicted molar refractivity (Wildman–Crippen MR) is 48.5 cm³/mol. The molecule has 4 heteroatoms. The van der Waals surface area contributed by atoms with Gasteiger partial charge in [-0.1, -0.05) is 11.6 Å². The van der Waals surface area contributed by atoms with Crippen LogP contribution in [0.3, 0.4) is 0 Å². The zero-order chi connectivity index (χ0) is 9.68. The number of rotatable bonds is 5. The van der Waals surface area contributed by atoms with E-state index in [9.17, 15) is 4.79 Å². The van der Waals surface area contributed by atoms with Crippen LogP contribution in [-0.2, 0) is 9.47 Å². The van der Waals surface area contributed by atoms with Gasteiger partial charge in [-0.15, -0.1) is 0 Å². The third kappa shape index (κ3) is 3.94. The van der Waals surface area contributed by atoms with Crippen molar-refractivity contribution in [2.24, 2.45) is 5.92 Å². The van der Waals surface area contributed by atoms with Gasteiger partial charge in [-0.25, -0.2) is 4.79 Å². The Kier molecular flexibility index (Phi) is 3.76. The Bertz CT molecular complexity index is 213. The second-order valence-electron chi connectivity index (χ2n) is 3.04. The van der Waals surface area contributed by atoms with Gasteiger partial charge in [0.25, 0.3) is 0 Å². The van der Waals surface area contributed by atoms with Crippen molar-refractivity contribution in [3.8, 4) is 0 Å². The number of amides is 1. The summed E-state index contributed by atoms with van der Waals surface area (Å²) < 4.78 is 9.69. The molecule has 74 valence electrons. The number of ether oxygens (including phenoxy) is 2. The highest BCUT2D eigenvalue weighted by molar-refractivity contribution is 5.67.